The predicted octanol–water partition coefficient (Wildman–Crippen LogP) is 2.30. The summed E-state index contributed by atoms with van der Waals surface area (Å²) in [7, 11) is 0. The van der Waals surface area contributed by atoms with Gasteiger partial charge in [-0.2, -0.15) is 0 Å². The van der Waals surface area contributed by atoms with E-state index in [4.69, 9.17) is 14.2 Å². The van der Waals surface area contributed by atoms with Gasteiger partial charge in [0.05, 0.1) is 26.4 Å². The molecule has 0 amide bonds. The second-order valence-electron chi connectivity index (χ2n) is 7.10. The van der Waals surface area contributed by atoms with Crippen LogP contribution in [0, 0.1) is 17.3 Å². The van der Waals surface area contributed by atoms with Gasteiger partial charge in [-0.3, -0.25) is 4.90 Å². The highest BCUT2D eigenvalue weighted by Gasteiger charge is 2.46. The average molecular weight is 295 g/mol. The van der Waals surface area contributed by atoms with Crippen LogP contribution in [0.3, 0.4) is 0 Å². The fourth-order valence-electron chi connectivity index (χ4n) is 4.03. The monoisotopic (exact) mass is 295 g/mol. The first-order chi connectivity index (χ1) is 10.1. The molecule has 0 saturated carbocycles. The van der Waals surface area contributed by atoms with Gasteiger partial charge >= 0.3 is 0 Å². The lowest BCUT2D eigenvalue weighted by molar-refractivity contribution is -0.255. The zero-order valence-electron chi connectivity index (χ0n) is 13.6. The van der Waals surface area contributed by atoms with Crippen LogP contribution in [0.4, 0.5) is 0 Å². The minimum Gasteiger partial charge on any atom is -0.379 e. The maximum absolute atomic E-state index is 6.12. The molecule has 2 aliphatic heterocycles. The van der Waals surface area contributed by atoms with Crippen LogP contribution in [0.5, 0.6) is 0 Å². The number of hydrogen-bond acceptors (Lipinski definition) is 4. The molecule has 0 N–H and O–H groups in total. The minimum atomic E-state index is -0.0693. The molecule has 21 heavy (non-hydrogen) atoms. The first-order valence-corrected chi connectivity index (χ1v) is 8.31. The fourth-order valence-corrected chi connectivity index (χ4v) is 4.03. The number of allylic oxidation sites excluding steroid dienone is 2. The molecule has 3 aliphatic rings. The van der Waals surface area contributed by atoms with E-state index < -0.39 is 0 Å². The first kappa shape index (κ1) is 15.5. The molecule has 4 heteroatoms. The summed E-state index contributed by atoms with van der Waals surface area (Å²) in [6.45, 7) is 13.1. The van der Waals surface area contributed by atoms with Gasteiger partial charge in [0.25, 0.3) is 0 Å². The second kappa shape index (κ2) is 6.37. The molecule has 0 aromatic heterocycles. The van der Waals surface area contributed by atoms with Crippen LogP contribution in [0.2, 0.25) is 0 Å². The molecule has 3 rings (SSSR count). The van der Waals surface area contributed by atoms with Crippen LogP contribution < -0.4 is 0 Å². The SMILES string of the molecule is CC1=C[C@H](C)C2(COC(CN3CCOCC3)OC2)[C@@H](C)C1. The normalized spacial score (nSPS) is 42.0. The van der Waals surface area contributed by atoms with E-state index in [1.807, 2.05) is 0 Å². The van der Waals surface area contributed by atoms with Crippen molar-refractivity contribution in [2.45, 2.75) is 33.5 Å². The van der Waals surface area contributed by atoms with Crippen molar-refractivity contribution in [1.29, 1.82) is 0 Å². The van der Waals surface area contributed by atoms with E-state index in [0.717, 1.165) is 46.1 Å². The lowest BCUT2D eigenvalue weighted by Crippen LogP contribution is -2.53. The van der Waals surface area contributed by atoms with Crippen LogP contribution in [0.25, 0.3) is 0 Å². The van der Waals surface area contributed by atoms with Gasteiger partial charge in [-0.15, -0.1) is 0 Å². The lowest BCUT2D eigenvalue weighted by atomic mass is 9.63. The van der Waals surface area contributed by atoms with E-state index in [-0.39, 0.29) is 11.7 Å². The third-order valence-electron chi connectivity index (χ3n) is 5.64. The summed E-state index contributed by atoms with van der Waals surface area (Å²) in [6, 6.07) is 0. The van der Waals surface area contributed by atoms with Crippen molar-refractivity contribution < 1.29 is 14.2 Å². The zero-order valence-corrected chi connectivity index (χ0v) is 13.6. The number of rotatable bonds is 2. The molecule has 2 heterocycles. The summed E-state index contributed by atoms with van der Waals surface area (Å²) in [4.78, 5) is 2.38. The van der Waals surface area contributed by atoms with Crippen molar-refractivity contribution in [3.8, 4) is 0 Å². The quantitative estimate of drug-likeness (QED) is 0.732. The summed E-state index contributed by atoms with van der Waals surface area (Å²) in [6.07, 6.45) is 3.51. The summed E-state index contributed by atoms with van der Waals surface area (Å²) in [5.74, 6) is 1.16. The van der Waals surface area contributed by atoms with E-state index in [9.17, 15) is 0 Å². The average Bonchev–Trinajstić information content (AvgIpc) is 2.47. The topological polar surface area (TPSA) is 30.9 Å². The van der Waals surface area contributed by atoms with Crippen LogP contribution in [0.15, 0.2) is 11.6 Å². The highest BCUT2D eigenvalue weighted by Crippen LogP contribution is 2.46. The molecule has 0 bridgehead atoms. The largest absolute Gasteiger partial charge is 0.379 e. The smallest absolute Gasteiger partial charge is 0.170 e. The van der Waals surface area contributed by atoms with E-state index >= 15 is 0 Å². The molecule has 0 aromatic rings. The highest BCUT2D eigenvalue weighted by molar-refractivity contribution is 5.13. The maximum atomic E-state index is 6.12. The molecule has 0 aromatic carbocycles. The van der Waals surface area contributed by atoms with Crippen molar-refractivity contribution >= 4 is 0 Å². The van der Waals surface area contributed by atoms with Gasteiger partial charge in [0.15, 0.2) is 6.29 Å². The van der Waals surface area contributed by atoms with E-state index in [2.05, 4.69) is 31.7 Å². The van der Waals surface area contributed by atoms with E-state index in [1.54, 1.807) is 0 Å². The van der Waals surface area contributed by atoms with Crippen molar-refractivity contribution in [1.82, 2.24) is 4.90 Å². The summed E-state index contributed by atoms with van der Waals surface area (Å²) >= 11 is 0. The van der Waals surface area contributed by atoms with Crippen molar-refractivity contribution in [2.75, 3.05) is 46.1 Å². The van der Waals surface area contributed by atoms with Gasteiger partial charge in [0.1, 0.15) is 0 Å². The van der Waals surface area contributed by atoms with Crippen LogP contribution in [-0.2, 0) is 14.2 Å². The van der Waals surface area contributed by atoms with Gasteiger partial charge in [-0.1, -0.05) is 25.5 Å². The summed E-state index contributed by atoms with van der Waals surface area (Å²) in [5.41, 5.74) is 1.68. The highest BCUT2D eigenvalue weighted by atomic mass is 16.7. The van der Waals surface area contributed by atoms with Crippen LogP contribution in [0.1, 0.15) is 27.2 Å². The molecular weight excluding hydrogens is 266 g/mol. The molecule has 0 unspecified atom stereocenters. The third kappa shape index (κ3) is 3.19. The van der Waals surface area contributed by atoms with Gasteiger partial charge in [0, 0.05) is 25.0 Å². The molecule has 0 radical (unpaired) electrons. The minimum absolute atomic E-state index is 0.0693. The molecule has 2 fully saturated rings. The molecular formula is C17H29NO3. The molecule has 120 valence electrons. The molecule has 1 aliphatic carbocycles. The number of hydrogen-bond donors (Lipinski definition) is 0. The van der Waals surface area contributed by atoms with Crippen LogP contribution >= 0.6 is 0 Å². The molecule has 2 atom stereocenters. The lowest BCUT2D eigenvalue weighted by Gasteiger charge is -2.50. The van der Waals surface area contributed by atoms with Gasteiger partial charge < -0.3 is 14.2 Å². The van der Waals surface area contributed by atoms with Gasteiger partial charge in [-0.05, 0) is 25.2 Å². The Hall–Kier alpha value is -0.420. The number of ether oxygens (including phenoxy) is 3. The Balaban J connectivity index is 1.56. The Morgan fingerprint density at radius 2 is 1.86 bits per heavy atom. The Kier molecular flexibility index (Phi) is 4.69. The Morgan fingerprint density at radius 3 is 2.48 bits per heavy atom. The first-order valence-electron chi connectivity index (χ1n) is 8.31. The zero-order chi connectivity index (χ0) is 14.9. The van der Waals surface area contributed by atoms with Crippen molar-refractivity contribution in [3.05, 3.63) is 11.6 Å². The number of morpholine rings is 1. The fraction of sp³-hybridized carbons (Fsp3) is 0.882. The predicted molar refractivity (Wildman–Crippen MR) is 82.1 cm³/mol. The molecule has 2 saturated heterocycles. The molecule has 4 nitrogen and oxygen atoms in total. The van der Waals surface area contributed by atoms with Crippen molar-refractivity contribution in [2.24, 2.45) is 17.3 Å². The molecule has 1 spiro atoms. The van der Waals surface area contributed by atoms with E-state index in [0.29, 0.717) is 11.8 Å². The maximum Gasteiger partial charge on any atom is 0.170 e. The second-order valence-corrected chi connectivity index (χ2v) is 7.10. The third-order valence-corrected chi connectivity index (χ3v) is 5.64. The Bertz CT molecular complexity index is 381. The van der Waals surface area contributed by atoms with Crippen LogP contribution in [-0.4, -0.2) is 57.3 Å². The Morgan fingerprint density at radius 1 is 1.19 bits per heavy atom. The van der Waals surface area contributed by atoms with Gasteiger partial charge in [0.2, 0.25) is 0 Å². The summed E-state index contributed by atoms with van der Waals surface area (Å²) in [5, 5.41) is 0. The standard InChI is InChI=1S/C17H29NO3/c1-13-8-14(2)17(15(3)9-13)11-20-16(21-12-17)10-18-4-6-19-7-5-18/h8,14-16H,4-7,9-12H2,1-3H3/t14-,15-,16?,17?/m0/s1. The Labute approximate surface area is 128 Å². The van der Waals surface area contributed by atoms with Crippen molar-refractivity contribution in [3.63, 3.8) is 0 Å². The number of nitrogens with zero attached hydrogens (tertiary/aromatic N) is 1. The van der Waals surface area contributed by atoms with Gasteiger partial charge in [-0.25, -0.2) is 0 Å². The summed E-state index contributed by atoms with van der Waals surface area (Å²) < 4.78 is 17.6. The van der Waals surface area contributed by atoms with E-state index in [1.165, 1.54) is 12.0 Å².